The molecular formula is C13H21ClN4. The first-order valence-electron chi connectivity index (χ1n) is 6.60. The molecule has 1 aromatic heterocycles. The van der Waals surface area contributed by atoms with Crippen LogP contribution in [0.25, 0.3) is 0 Å². The number of hydrogen-bond donors (Lipinski definition) is 0. The molecule has 1 fully saturated rings. The van der Waals surface area contributed by atoms with Crippen LogP contribution >= 0.6 is 11.6 Å². The molecule has 1 saturated heterocycles. The fourth-order valence-electron chi connectivity index (χ4n) is 2.37. The van der Waals surface area contributed by atoms with E-state index in [4.69, 9.17) is 11.6 Å². The lowest BCUT2D eigenvalue weighted by Crippen LogP contribution is -2.49. The summed E-state index contributed by atoms with van der Waals surface area (Å²) in [6, 6.07) is 0.669. The molecule has 0 spiro atoms. The van der Waals surface area contributed by atoms with Gasteiger partial charge in [-0.15, -0.1) is 0 Å². The molecule has 1 aliphatic heterocycles. The number of aromatic nitrogens is 2. The quantitative estimate of drug-likeness (QED) is 0.788. The molecule has 0 bridgehead atoms. The number of nitrogens with zero attached hydrogens (tertiary/aromatic N) is 4. The van der Waals surface area contributed by atoms with E-state index in [9.17, 15) is 0 Å². The van der Waals surface area contributed by atoms with Crippen molar-refractivity contribution >= 4 is 17.4 Å². The highest BCUT2D eigenvalue weighted by Gasteiger charge is 2.22. The normalized spacial score (nSPS) is 19.0. The summed E-state index contributed by atoms with van der Waals surface area (Å²) in [6.07, 6.45) is 3.00. The number of rotatable bonds is 3. The third-order valence-corrected chi connectivity index (χ3v) is 3.93. The van der Waals surface area contributed by atoms with Gasteiger partial charge in [0.05, 0.1) is 0 Å². The van der Waals surface area contributed by atoms with Gasteiger partial charge in [-0.1, -0.05) is 6.92 Å². The van der Waals surface area contributed by atoms with E-state index in [-0.39, 0.29) is 0 Å². The van der Waals surface area contributed by atoms with Crippen molar-refractivity contribution in [2.75, 3.05) is 31.1 Å². The minimum Gasteiger partial charge on any atom is -0.354 e. The van der Waals surface area contributed by atoms with Gasteiger partial charge in [0.2, 0.25) is 5.28 Å². The minimum absolute atomic E-state index is 0.333. The Morgan fingerprint density at radius 2 is 2.00 bits per heavy atom. The van der Waals surface area contributed by atoms with E-state index in [1.807, 2.05) is 6.92 Å². The highest BCUT2D eigenvalue weighted by molar-refractivity contribution is 6.28. The Bertz CT molecular complexity index is 402. The molecule has 0 amide bonds. The standard InChI is InChI=1S/C13H21ClN4/c1-4-11(3)17-5-7-18(8-6-17)12-10(2)9-15-13(14)16-12/h9,11H,4-8H2,1-3H3. The number of anilines is 1. The van der Waals surface area contributed by atoms with Crippen LogP contribution in [0.1, 0.15) is 25.8 Å². The zero-order chi connectivity index (χ0) is 13.1. The fraction of sp³-hybridized carbons (Fsp3) is 0.692. The average Bonchev–Trinajstić information content (AvgIpc) is 2.41. The van der Waals surface area contributed by atoms with E-state index in [0.717, 1.165) is 37.6 Å². The highest BCUT2D eigenvalue weighted by atomic mass is 35.5. The van der Waals surface area contributed by atoms with Crippen LogP contribution in [0.3, 0.4) is 0 Å². The molecule has 100 valence electrons. The molecule has 1 atom stereocenters. The highest BCUT2D eigenvalue weighted by Crippen LogP contribution is 2.20. The summed E-state index contributed by atoms with van der Waals surface area (Å²) < 4.78 is 0. The molecule has 0 aromatic carbocycles. The summed E-state index contributed by atoms with van der Waals surface area (Å²) in [7, 11) is 0. The molecule has 2 rings (SSSR count). The molecular weight excluding hydrogens is 248 g/mol. The molecule has 0 N–H and O–H groups in total. The van der Waals surface area contributed by atoms with Crippen LogP contribution in [0.5, 0.6) is 0 Å². The zero-order valence-electron chi connectivity index (χ0n) is 11.4. The van der Waals surface area contributed by atoms with Gasteiger partial charge in [-0.2, -0.15) is 0 Å². The lowest BCUT2D eigenvalue weighted by Gasteiger charge is -2.38. The van der Waals surface area contributed by atoms with E-state index in [1.165, 1.54) is 6.42 Å². The largest absolute Gasteiger partial charge is 0.354 e. The maximum Gasteiger partial charge on any atom is 0.224 e. The fourth-order valence-corrected chi connectivity index (χ4v) is 2.49. The van der Waals surface area contributed by atoms with Crippen LogP contribution < -0.4 is 4.90 Å². The molecule has 0 radical (unpaired) electrons. The number of halogens is 1. The average molecular weight is 269 g/mol. The van der Waals surface area contributed by atoms with Crippen molar-refractivity contribution in [1.29, 1.82) is 0 Å². The Balaban J connectivity index is 2.03. The molecule has 5 heteroatoms. The molecule has 18 heavy (non-hydrogen) atoms. The second-order valence-corrected chi connectivity index (χ2v) is 5.26. The van der Waals surface area contributed by atoms with Crippen molar-refractivity contribution in [2.45, 2.75) is 33.2 Å². The summed E-state index contributed by atoms with van der Waals surface area (Å²) >= 11 is 5.88. The van der Waals surface area contributed by atoms with Gasteiger partial charge in [-0.05, 0) is 31.9 Å². The Morgan fingerprint density at radius 1 is 1.33 bits per heavy atom. The molecule has 4 nitrogen and oxygen atoms in total. The van der Waals surface area contributed by atoms with Crippen LogP contribution in [0, 0.1) is 6.92 Å². The molecule has 1 aliphatic rings. The molecule has 2 heterocycles. The summed E-state index contributed by atoms with van der Waals surface area (Å²) in [4.78, 5) is 13.2. The second kappa shape index (κ2) is 5.85. The summed E-state index contributed by atoms with van der Waals surface area (Å²) in [5, 5.41) is 0.333. The van der Waals surface area contributed by atoms with Gasteiger partial charge in [-0.25, -0.2) is 9.97 Å². The van der Waals surface area contributed by atoms with Crippen molar-refractivity contribution in [2.24, 2.45) is 0 Å². The van der Waals surface area contributed by atoms with Gasteiger partial charge in [0.25, 0.3) is 0 Å². The molecule has 0 aliphatic carbocycles. The number of piperazine rings is 1. The Labute approximate surface area is 114 Å². The van der Waals surface area contributed by atoms with Crippen molar-refractivity contribution in [3.8, 4) is 0 Å². The third-order valence-electron chi connectivity index (χ3n) is 3.74. The van der Waals surface area contributed by atoms with Gasteiger partial charge in [0.15, 0.2) is 0 Å². The first-order chi connectivity index (χ1) is 8.61. The Morgan fingerprint density at radius 3 is 2.61 bits per heavy atom. The van der Waals surface area contributed by atoms with Gasteiger partial charge < -0.3 is 4.90 Å². The molecule has 1 aromatic rings. The Hall–Kier alpha value is -0.870. The predicted octanol–water partition coefficient (Wildman–Crippen LogP) is 2.36. The SMILES string of the molecule is CCC(C)N1CCN(c2nc(Cl)ncc2C)CC1. The van der Waals surface area contributed by atoms with Crippen LogP contribution in [0.2, 0.25) is 5.28 Å². The maximum atomic E-state index is 5.88. The van der Waals surface area contributed by atoms with Crippen LogP contribution in [-0.4, -0.2) is 47.1 Å². The molecule has 0 saturated carbocycles. The van der Waals surface area contributed by atoms with E-state index in [1.54, 1.807) is 6.20 Å². The van der Waals surface area contributed by atoms with Gasteiger partial charge >= 0.3 is 0 Å². The maximum absolute atomic E-state index is 5.88. The lowest BCUT2D eigenvalue weighted by atomic mass is 10.2. The van der Waals surface area contributed by atoms with Crippen molar-refractivity contribution < 1.29 is 0 Å². The van der Waals surface area contributed by atoms with E-state index < -0.39 is 0 Å². The third kappa shape index (κ3) is 2.93. The summed E-state index contributed by atoms with van der Waals surface area (Å²) in [6.45, 7) is 10.8. The summed E-state index contributed by atoms with van der Waals surface area (Å²) in [5.74, 6) is 0.985. The Kier molecular flexibility index (Phi) is 4.40. The first kappa shape index (κ1) is 13.6. The van der Waals surface area contributed by atoms with Crippen molar-refractivity contribution in [1.82, 2.24) is 14.9 Å². The number of hydrogen-bond acceptors (Lipinski definition) is 4. The zero-order valence-corrected chi connectivity index (χ0v) is 12.1. The van der Waals surface area contributed by atoms with Gasteiger partial charge in [0.1, 0.15) is 5.82 Å². The first-order valence-corrected chi connectivity index (χ1v) is 6.97. The van der Waals surface area contributed by atoms with E-state index >= 15 is 0 Å². The predicted molar refractivity (Wildman–Crippen MR) is 75.3 cm³/mol. The van der Waals surface area contributed by atoms with Crippen LogP contribution in [0.4, 0.5) is 5.82 Å². The smallest absolute Gasteiger partial charge is 0.224 e. The minimum atomic E-state index is 0.333. The number of aryl methyl sites for hydroxylation is 1. The topological polar surface area (TPSA) is 32.3 Å². The van der Waals surface area contributed by atoms with Crippen molar-refractivity contribution in [3.05, 3.63) is 17.0 Å². The van der Waals surface area contributed by atoms with Crippen LogP contribution in [-0.2, 0) is 0 Å². The lowest BCUT2D eigenvalue weighted by molar-refractivity contribution is 0.192. The molecule has 1 unspecified atom stereocenters. The summed E-state index contributed by atoms with van der Waals surface area (Å²) in [5.41, 5.74) is 1.09. The monoisotopic (exact) mass is 268 g/mol. The van der Waals surface area contributed by atoms with Gasteiger partial charge in [-0.3, -0.25) is 4.90 Å². The van der Waals surface area contributed by atoms with Crippen molar-refractivity contribution in [3.63, 3.8) is 0 Å². The van der Waals surface area contributed by atoms with Crippen LogP contribution in [0.15, 0.2) is 6.20 Å². The van der Waals surface area contributed by atoms with Gasteiger partial charge in [0, 0.05) is 44.0 Å². The second-order valence-electron chi connectivity index (χ2n) is 4.93. The van der Waals surface area contributed by atoms with E-state index in [2.05, 4.69) is 33.6 Å². The van der Waals surface area contributed by atoms with E-state index in [0.29, 0.717) is 11.3 Å².